The van der Waals surface area contributed by atoms with Crippen LogP contribution in [0.15, 0.2) is 40.9 Å². The highest BCUT2D eigenvalue weighted by molar-refractivity contribution is 5.99. The van der Waals surface area contributed by atoms with E-state index in [1.807, 2.05) is 30.4 Å². The lowest BCUT2D eigenvalue weighted by molar-refractivity contribution is 1.01. The number of fused-ring (bicyclic) bond motifs is 1. The predicted molar refractivity (Wildman–Crippen MR) is 46.1 cm³/mol. The fourth-order valence-electron chi connectivity index (χ4n) is 1.25. The molecular formula is C9H8N2. The van der Waals surface area contributed by atoms with Crippen LogP contribution >= 0.6 is 0 Å². The first-order chi connectivity index (χ1) is 5.38. The Kier molecular flexibility index (Phi) is 1.32. The van der Waals surface area contributed by atoms with Crippen LogP contribution < -0.4 is 0 Å². The van der Waals surface area contributed by atoms with Crippen molar-refractivity contribution in [3.05, 3.63) is 36.0 Å². The molecule has 1 heterocycles. The van der Waals surface area contributed by atoms with E-state index in [0.29, 0.717) is 5.84 Å². The quantitative estimate of drug-likeness (QED) is 0.537. The van der Waals surface area contributed by atoms with E-state index in [4.69, 9.17) is 5.41 Å². The molecule has 0 saturated carbocycles. The summed E-state index contributed by atoms with van der Waals surface area (Å²) < 4.78 is 0. The summed E-state index contributed by atoms with van der Waals surface area (Å²) in [7, 11) is 0. The van der Waals surface area contributed by atoms with Gasteiger partial charge in [-0.1, -0.05) is 24.3 Å². The lowest BCUT2D eigenvalue weighted by Crippen LogP contribution is -2.15. The molecule has 11 heavy (non-hydrogen) atoms. The first-order valence-corrected chi connectivity index (χ1v) is 3.55. The average molecular weight is 144 g/mol. The molecule has 2 nitrogen and oxygen atoms in total. The fourth-order valence-corrected chi connectivity index (χ4v) is 1.25. The van der Waals surface area contributed by atoms with E-state index in [9.17, 15) is 0 Å². The van der Waals surface area contributed by atoms with Crippen molar-refractivity contribution in [1.82, 2.24) is 0 Å². The third kappa shape index (κ3) is 0.963. The molecule has 2 rings (SSSR count). The van der Waals surface area contributed by atoms with Gasteiger partial charge in [-0.3, -0.25) is 5.41 Å². The highest BCUT2D eigenvalue weighted by Gasteiger charge is 2.17. The molecule has 0 saturated heterocycles. The van der Waals surface area contributed by atoms with E-state index in [0.717, 1.165) is 5.57 Å². The van der Waals surface area contributed by atoms with Gasteiger partial charge >= 0.3 is 0 Å². The Morgan fingerprint density at radius 1 is 1.36 bits per heavy atom. The number of amidine groups is 1. The van der Waals surface area contributed by atoms with Crippen molar-refractivity contribution < 1.29 is 0 Å². The third-order valence-corrected chi connectivity index (χ3v) is 1.84. The van der Waals surface area contributed by atoms with Crippen LogP contribution in [0.2, 0.25) is 0 Å². The summed E-state index contributed by atoms with van der Waals surface area (Å²) in [6.07, 6.45) is 11.6. The van der Waals surface area contributed by atoms with Gasteiger partial charge in [-0.25, -0.2) is 4.99 Å². The molecule has 1 N–H and O–H groups in total. The number of rotatable bonds is 0. The zero-order valence-corrected chi connectivity index (χ0v) is 5.99. The first kappa shape index (κ1) is 6.28. The van der Waals surface area contributed by atoms with Gasteiger partial charge in [-0.2, -0.15) is 0 Å². The van der Waals surface area contributed by atoms with Crippen molar-refractivity contribution in [3.63, 3.8) is 0 Å². The molecule has 0 spiro atoms. The molecule has 1 unspecified atom stereocenters. The van der Waals surface area contributed by atoms with E-state index in [-0.39, 0.29) is 5.92 Å². The normalized spacial score (nSPS) is 26.7. The van der Waals surface area contributed by atoms with E-state index in [1.165, 1.54) is 0 Å². The molecule has 0 aromatic carbocycles. The summed E-state index contributed by atoms with van der Waals surface area (Å²) in [5, 5.41) is 7.49. The van der Waals surface area contributed by atoms with Crippen molar-refractivity contribution in [3.8, 4) is 0 Å². The van der Waals surface area contributed by atoms with E-state index in [2.05, 4.69) is 4.99 Å². The summed E-state index contributed by atoms with van der Waals surface area (Å²) in [4.78, 5) is 3.91. The Labute approximate surface area is 65.2 Å². The molecule has 0 bridgehead atoms. The van der Waals surface area contributed by atoms with Gasteiger partial charge in [-0.15, -0.1) is 0 Å². The molecule has 0 radical (unpaired) electrons. The van der Waals surface area contributed by atoms with Gasteiger partial charge in [0.15, 0.2) is 0 Å². The average Bonchev–Trinajstić information content (AvgIpc) is 2.06. The Morgan fingerprint density at radius 3 is 3.09 bits per heavy atom. The monoisotopic (exact) mass is 144 g/mol. The molecule has 1 atom stereocenters. The van der Waals surface area contributed by atoms with Crippen LogP contribution in [-0.4, -0.2) is 12.1 Å². The van der Waals surface area contributed by atoms with Gasteiger partial charge in [-0.05, 0) is 11.6 Å². The molecule has 2 aliphatic rings. The summed E-state index contributed by atoms with van der Waals surface area (Å²) in [5.41, 5.74) is 1.16. The largest absolute Gasteiger partial charge is 0.286 e. The summed E-state index contributed by atoms with van der Waals surface area (Å²) >= 11 is 0. The van der Waals surface area contributed by atoms with Gasteiger partial charge < -0.3 is 0 Å². The Hall–Kier alpha value is -1.44. The van der Waals surface area contributed by atoms with Gasteiger partial charge in [0.1, 0.15) is 5.84 Å². The molecular weight excluding hydrogens is 136 g/mol. The second-order valence-corrected chi connectivity index (χ2v) is 2.55. The Morgan fingerprint density at radius 2 is 2.27 bits per heavy atom. The molecule has 1 aliphatic heterocycles. The molecule has 2 heteroatoms. The summed E-state index contributed by atoms with van der Waals surface area (Å²) in [6.45, 7) is 0. The minimum absolute atomic E-state index is 0.102. The SMILES string of the molecule is N=C1N=CC=C2C=CC=CC12. The Bertz CT molecular complexity index is 306. The number of nitrogens with one attached hydrogen (secondary N) is 1. The maximum atomic E-state index is 7.49. The highest BCUT2D eigenvalue weighted by Crippen LogP contribution is 2.21. The van der Waals surface area contributed by atoms with Crippen LogP contribution in [0.5, 0.6) is 0 Å². The number of dihydropyridines is 1. The van der Waals surface area contributed by atoms with E-state index < -0.39 is 0 Å². The van der Waals surface area contributed by atoms with Crippen molar-refractivity contribution in [2.24, 2.45) is 10.9 Å². The lowest BCUT2D eigenvalue weighted by atomic mass is 9.92. The second-order valence-electron chi connectivity index (χ2n) is 2.55. The van der Waals surface area contributed by atoms with Crippen molar-refractivity contribution in [2.75, 3.05) is 0 Å². The topological polar surface area (TPSA) is 36.2 Å². The van der Waals surface area contributed by atoms with Crippen molar-refractivity contribution >= 4 is 12.1 Å². The highest BCUT2D eigenvalue weighted by atomic mass is 14.8. The molecule has 0 amide bonds. The third-order valence-electron chi connectivity index (χ3n) is 1.84. The summed E-state index contributed by atoms with van der Waals surface area (Å²) in [6, 6.07) is 0. The zero-order chi connectivity index (χ0) is 7.68. The summed E-state index contributed by atoms with van der Waals surface area (Å²) in [5.74, 6) is 0.535. The number of hydrogen-bond donors (Lipinski definition) is 1. The smallest absolute Gasteiger partial charge is 0.131 e. The van der Waals surface area contributed by atoms with Crippen LogP contribution in [-0.2, 0) is 0 Å². The minimum atomic E-state index is 0.102. The number of aliphatic imine (C=N–C) groups is 1. The van der Waals surface area contributed by atoms with Gasteiger partial charge in [0.25, 0.3) is 0 Å². The molecule has 1 aliphatic carbocycles. The van der Waals surface area contributed by atoms with E-state index in [1.54, 1.807) is 6.21 Å². The second kappa shape index (κ2) is 2.31. The number of nitrogens with zero attached hydrogens (tertiary/aromatic N) is 1. The number of allylic oxidation sites excluding steroid dienone is 4. The van der Waals surface area contributed by atoms with Gasteiger partial charge in [0.05, 0.1) is 5.92 Å². The molecule has 0 aromatic heterocycles. The molecule has 0 fully saturated rings. The van der Waals surface area contributed by atoms with Crippen molar-refractivity contribution in [1.29, 1.82) is 5.41 Å². The zero-order valence-electron chi connectivity index (χ0n) is 5.99. The standard InChI is InChI=1S/C9H8N2/c10-9-8-4-2-1-3-7(8)5-6-11-9/h1-6,8,10H. The molecule has 0 aromatic rings. The van der Waals surface area contributed by atoms with Crippen LogP contribution in [0.4, 0.5) is 0 Å². The van der Waals surface area contributed by atoms with Gasteiger partial charge in [0, 0.05) is 6.21 Å². The maximum absolute atomic E-state index is 7.49. The molecule has 54 valence electrons. The minimum Gasteiger partial charge on any atom is -0.286 e. The fraction of sp³-hybridized carbons (Fsp3) is 0.111. The van der Waals surface area contributed by atoms with Crippen LogP contribution in [0.1, 0.15) is 0 Å². The van der Waals surface area contributed by atoms with Crippen LogP contribution in [0.3, 0.4) is 0 Å². The Balaban J connectivity index is 2.43. The predicted octanol–water partition coefficient (Wildman–Crippen LogP) is 1.72. The number of hydrogen-bond acceptors (Lipinski definition) is 1. The lowest BCUT2D eigenvalue weighted by Gasteiger charge is -2.17. The first-order valence-electron chi connectivity index (χ1n) is 3.55. The maximum Gasteiger partial charge on any atom is 0.131 e. The van der Waals surface area contributed by atoms with Crippen LogP contribution in [0, 0.1) is 11.3 Å². The van der Waals surface area contributed by atoms with Crippen molar-refractivity contribution in [2.45, 2.75) is 0 Å². The van der Waals surface area contributed by atoms with Gasteiger partial charge in [0.2, 0.25) is 0 Å². The van der Waals surface area contributed by atoms with Crippen LogP contribution in [0.25, 0.3) is 0 Å². The van der Waals surface area contributed by atoms with E-state index >= 15 is 0 Å².